The number of hydrogen-bond acceptors (Lipinski definition) is 2. The van der Waals surface area contributed by atoms with E-state index in [-0.39, 0.29) is 18.3 Å². The molecule has 1 fully saturated rings. The summed E-state index contributed by atoms with van der Waals surface area (Å²) in [6, 6.07) is 3.51. The van der Waals surface area contributed by atoms with Crippen molar-refractivity contribution in [2.75, 3.05) is 11.9 Å². The van der Waals surface area contributed by atoms with Gasteiger partial charge in [0.15, 0.2) is 0 Å². The summed E-state index contributed by atoms with van der Waals surface area (Å²) >= 11 is 3.18. The van der Waals surface area contributed by atoms with Crippen LogP contribution in [-0.4, -0.2) is 34.6 Å². The first kappa shape index (κ1) is 13.8. The van der Waals surface area contributed by atoms with Crippen LogP contribution in [0.25, 0.3) is 0 Å². The summed E-state index contributed by atoms with van der Waals surface area (Å²) in [4.78, 5) is 23.9. The lowest BCUT2D eigenvalue weighted by atomic mass is 10.3. The largest absolute Gasteiger partial charge is 0.480 e. The molecule has 1 aliphatic rings. The molecular weight excluding hydrogens is 319 g/mol. The minimum Gasteiger partial charge on any atom is -0.480 e. The molecule has 102 valence electrons. The molecular formula is C12H12BrFN2O3. The topological polar surface area (TPSA) is 69.6 Å². The average Bonchev–Trinajstić information content (AvgIpc) is 3.14. The van der Waals surface area contributed by atoms with Crippen LogP contribution in [-0.2, 0) is 4.79 Å². The zero-order chi connectivity index (χ0) is 14.0. The van der Waals surface area contributed by atoms with Gasteiger partial charge >= 0.3 is 12.0 Å². The molecule has 0 aromatic heterocycles. The summed E-state index contributed by atoms with van der Waals surface area (Å²) in [5.41, 5.74) is 0.0235. The molecule has 0 atom stereocenters. The molecule has 1 aliphatic carbocycles. The van der Waals surface area contributed by atoms with E-state index in [1.54, 1.807) is 0 Å². The van der Waals surface area contributed by atoms with Gasteiger partial charge in [0.1, 0.15) is 12.4 Å². The van der Waals surface area contributed by atoms with Crippen molar-refractivity contribution in [3.8, 4) is 0 Å². The highest BCUT2D eigenvalue weighted by molar-refractivity contribution is 9.10. The Morgan fingerprint density at radius 1 is 1.47 bits per heavy atom. The molecule has 1 saturated carbocycles. The number of benzene rings is 1. The minimum atomic E-state index is -1.09. The van der Waals surface area contributed by atoms with Crippen molar-refractivity contribution in [1.29, 1.82) is 0 Å². The molecule has 19 heavy (non-hydrogen) atoms. The Labute approximate surface area is 117 Å². The summed E-state index contributed by atoms with van der Waals surface area (Å²) in [5.74, 6) is -1.65. The third-order valence-electron chi connectivity index (χ3n) is 2.72. The van der Waals surface area contributed by atoms with Crippen LogP contribution in [0.2, 0.25) is 0 Å². The van der Waals surface area contributed by atoms with Crippen LogP contribution in [0.5, 0.6) is 0 Å². The third kappa shape index (κ3) is 3.66. The number of carbonyl (C=O) groups is 2. The number of amides is 2. The van der Waals surface area contributed by atoms with Crippen LogP contribution >= 0.6 is 15.9 Å². The fourth-order valence-electron chi connectivity index (χ4n) is 1.68. The van der Waals surface area contributed by atoms with Gasteiger partial charge in [0.25, 0.3) is 0 Å². The molecule has 0 spiro atoms. The second-order valence-corrected chi connectivity index (χ2v) is 5.22. The van der Waals surface area contributed by atoms with Crippen molar-refractivity contribution in [3.63, 3.8) is 0 Å². The number of nitrogens with one attached hydrogen (secondary N) is 1. The van der Waals surface area contributed by atoms with Crippen LogP contribution in [0.3, 0.4) is 0 Å². The Morgan fingerprint density at radius 2 is 2.16 bits per heavy atom. The Balaban J connectivity index is 2.10. The van der Waals surface area contributed by atoms with Gasteiger partial charge < -0.3 is 15.3 Å². The summed E-state index contributed by atoms with van der Waals surface area (Å²) in [5, 5.41) is 11.2. The van der Waals surface area contributed by atoms with Gasteiger partial charge in [-0.2, -0.15) is 0 Å². The number of carboxylic acid groups (broad SMARTS) is 1. The lowest BCUT2D eigenvalue weighted by Gasteiger charge is -2.20. The molecule has 1 aromatic carbocycles. The van der Waals surface area contributed by atoms with Gasteiger partial charge in [-0.05, 0) is 31.0 Å². The number of halogens is 2. The summed E-state index contributed by atoms with van der Waals surface area (Å²) in [6.45, 7) is -0.383. The van der Waals surface area contributed by atoms with E-state index in [1.807, 2.05) is 0 Å². The van der Waals surface area contributed by atoms with E-state index in [0.29, 0.717) is 4.47 Å². The monoisotopic (exact) mass is 330 g/mol. The fourth-order valence-corrected chi connectivity index (χ4v) is 2.04. The van der Waals surface area contributed by atoms with E-state index in [4.69, 9.17) is 5.11 Å². The lowest BCUT2D eigenvalue weighted by molar-refractivity contribution is -0.137. The number of nitrogens with zero attached hydrogens (tertiary/aromatic N) is 1. The molecule has 0 radical (unpaired) electrons. The molecule has 2 N–H and O–H groups in total. The number of hydrogen-bond donors (Lipinski definition) is 2. The predicted molar refractivity (Wildman–Crippen MR) is 70.5 cm³/mol. The van der Waals surface area contributed by atoms with E-state index < -0.39 is 17.8 Å². The molecule has 0 aliphatic heterocycles. The second-order valence-electron chi connectivity index (χ2n) is 4.31. The maximum atomic E-state index is 13.5. The molecule has 0 unspecified atom stereocenters. The SMILES string of the molecule is O=C(O)CN(C(=O)Nc1cc(Br)ccc1F)C1CC1. The summed E-state index contributed by atoms with van der Waals surface area (Å²) in [7, 11) is 0. The summed E-state index contributed by atoms with van der Waals surface area (Å²) in [6.07, 6.45) is 1.56. The van der Waals surface area contributed by atoms with Crippen molar-refractivity contribution in [2.24, 2.45) is 0 Å². The van der Waals surface area contributed by atoms with Crippen molar-refractivity contribution in [2.45, 2.75) is 18.9 Å². The highest BCUT2D eigenvalue weighted by atomic mass is 79.9. The number of carboxylic acids is 1. The van der Waals surface area contributed by atoms with E-state index in [0.717, 1.165) is 12.8 Å². The Morgan fingerprint density at radius 3 is 2.74 bits per heavy atom. The number of rotatable bonds is 4. The van der Waals surface area contributed by atoms with Crippen molar-refractivity contribution in [1.82, 2.24) is 4.90 Å². The average molecular weight is 331 g/mol. The van der Waals surface area contributed by atoms with E-state index in [2.05, 4.69) is 21.2 Å². The maximum Gasteiger partial charge on any atom is 0.323 e. The fraction of sp³-hybridized carbons (Fsp3) is 0.333. The molecule has 0 saturated heterocycles. The standard InChI is InChI=1S/C12H12BrFN2O3/c13-7-1-4-9(14)10(5-7)15-12(19)16(6-11(17)18)8-2-3-8/h1,4-5,8H,2-3,6H2,(H,15,19)(H,17,18). The van der Waals surface area contributed by atoms with Gasteiger partial charge in [0.2, 0.25) is 0 Å². The first-order chi connectivity index (χ1) is 8.97. The number of aliphatic carboxylic acids is 1. The minimum absolute atomic E-state index is 0.0235. The predicted octanol–water partition coefficient (Wildman–Crippen LogP) is 2.67. The zero-order valence-corrected chi connectivity index (χ0v) is 11.5. The molecule has 2 amide bonds. The first-order valence-corrected chi connectivity index (χ1v) is 6.51. The second kappa shape index (κ2) is 5.56. The highest BCUT2D eigenvalue weighted by Crippen LogP contribution is 2.28. The van der Waals surface area contributed by atoms with Gasteiger partial charge in [-0.25, -0.2) is 9.18 Å². The molecule has 5 nitrogen and oxygen atoms in total. The smallest absolute Gasteiger partial charge is 0.323 e. The van der Waals surface area contributed by atoms with E-state index in [1.165, 1.54) is 23.1 Å². The Hall–Kier alpha value is -1.63. The van der Waals surface area contributed by atoms with Gasteiger partial charge in [-0.1, -0.05) is 15.9 Å². The number of urea groups is 1. The molecule has 2 rings (SSSR count). The van der Waals surface area contributed by atoms with Crippen LogP contribution in [0.4, 0.5) is 14.9 Å². The molecule has 0 bridgehead atoms. The lowest BCUT2D eigenvalue weighted by Crippen LogP contribution is -2.40. The normalized spacial score (nSPS) is 14.0. The summed E-state index contributed by atoms with van der Waals surface area (Å²) < 4.78 is 14.1. The quantitative estimate of drug-likeness (QED) is 0.891. The number of carbonyl (C=O) groups excluding carboxylic acids is 1. The van der Waals surface area contributed by atoms with Crippen LogP contribution in [0, 0.1) is 5.82 Å². The molecule has 0 heterocycles. The Bertz CT molecular complexity index is 520. The van der Waals surface area contributed by atoms with Crippen molar-refractivity contribution >= 4 is 33.6 Å². The van der Waals surface area contributed by atoms with E-state index in [9.17, 15) is 14.0 Å². The maximum absolute atomic E-state index is 13.5. The van der Waals surface area contributed by atoms with Crippen molar-refractivity contribution < 1.29 is 19.1 Å². The van der Waals surface area contributed by atoms with Gasteiger partial charge in [-0.3, -0.25) is 4.79 Å². The first-order valence-electron chi connectivity index (χ1n) is 5.72. The molecule has 7 heteroatoms. The highest BCUT2D eigenvalue weighted by Gasteiger charge is 2.34. The van der Waals surface area contributed by atoms with Gasteiger partial charge in [0, 0.05) is 10.5 Å². The van der Waals surface area contributed by atoms with Gasteiger partial charge in [0.05, 0.1) is 5.69 Å². The van der Waals surface area contributed by atoms with Crippen molar-refractivity contribution in [3.05, 3.63) is 28.5 Å². The third-order valence-corrected chi connectivity index (χ3v) is 3.22. The zero-order valence-electron chi connectivity index (χ0n) is 9.90. The van der Waals surface area contributed by atoms with Crippen LogP contribution in [0.1, 0.15) is 12.8 Å². The number of anilines is 1. The van der Waals surface area contributed by atoms with Crippen LogP contribution < -0.4 is 5.32 Å². The van der Waals surface area contributed by atoms with Crippen LogP contribution in [0.15, 0.2) is 22.7 Å². The van der Waals surface area contributed by atoms with E-state index >= 15 is 0 Å². The Kier molecular flexibility index (Phi) is 4.04. The molecule has 1 aromatic rings. The van der Waals surface area contributed by atoms with Gasteiger partial charge in [-0.15, -0.1) is 0 Å².